The van der Waals surface area contributed by atoms with E-state index in [9.17, 15) is 8.42 Å². The molecule has 1 fully saturated rings. The van der Waals surface area contributed by atoms with Crippen LogP contribution in [-0.2, 0) is 16.6 Å². The molecular formula is C18H31IN4O2S2. The number of benzene rings is 1. The Bertz CT molecular complexity index is 741. The lowest BCUT2D eigenvalue weighted by atomic mass is 10.1. The minimum atomic E-state index is -3.15. The molecule has 1 atom stereocenters. The third-order valence-corrected chi connectivity index (χ3v) is 6.60. The van der Waals surface area contributed by atoms with Gasteiger partial charge in [-0.15, -0.1) is 35.7 Å². The zero-order chi connectivity index (χ0) is 19.2. The zero-order valence-corrected chi connectivity index (χ0v) is 20.5. The molecule has 1 aromatic rings. The van der Waals surface area contributed by atoms with Crippen molar-refractivity contribution in [1.82, 2.24) is 14.9 Å². The molecule has 2 N–H and O–H groups in total. The van der Waals surface area contributed by atoms with Gasteiger partial charge in [0.1, 0.15) is 0 Å². The Labute approximate surface area is 185 Å². The van der Waals surface area contributed by atoms with Crippen molar-refractivity contribution in [3.8, 4) is 0 Å². The summed E-state index contributed by atoms with van der Waals surface area (Å²) in [6.07, 6.45) is 5.15. The normalized spacial score (nSPS) is 18.2. The van der Waals surface area contributed by atoms with Gasteiger partial charge >= 0.3 is 0 Å². The molecule has 1 aliphatic heterocycles. The number of hydrogen-bond donors (Lipinski definition) is 2. The second-order valence-electron chi connectivity index (χ2n) is 6.56. The standard InChI is InChI=1S/C18H30N4O2S2.HI/c1-5-19-18(20-12-15-9-8-14(2)11-17(15)25-3)21-13-16-7-6-10-22(16)26(4,23)24;/h8-9,11,16H,5-7,10,12-13H2,1-4H3,(H2,19,20,21);1H/t16-;/m1./s1. The molecule has 0 aliphatic carbocycles. The largest absolute Gasteiger partial charge is 0.357 e. The van der Waals surface area contributed by atoms with Crippen LogP contribution in [0, 0.1) is 6.92 Å². The van der Waals surface area contributed by atoms with E-state index < -0.39 is 10.0 Å². The summed E-state index contributed by atoms with van der Waals surface area (Å²) in [5.74, 6) is 0.723. The molecule has 0 aromatic heterocycles. The Kier molecular flexibility index (Phi) is 10.4. The highest BCUT2D eigenvalue weighted by Crippen LogP contribution is 2.22. The fourth-order valence-electron chi connectivity index (χ4n) is 3.15. The van der Waals surface area contributed by atoms with Crippen LogP contribution in [0.4, 0.5) is 0 Å². The van der Waals surface area contributed by atoms with Crippen molar-refractivity contribution in [2.45, 2.75) is 44.2 Å². The molecule has 27 heavy (non-hydrogen) atoms. The van der Waals surface area contributed by atoms with Crippen LogP contribution in [-0.4, -0.2) is 56.9 Å². The number of aryl methyl sites for hydroxylation is 1. The summed E-state index contributed by atoms with van der Waals surface area (Å²) in [5, 5.41) is 6.55. The smallest absolute Gasteiger partial charge is 0.211 e. The van der Waals surface area contributed by atoms with Gasteiger partial charge < -0.3 is 10.6 Å². The van der Waals surface area contributed by atoms with Crippen molar-refractivity contribution < 1.29 is 8.42 Å². The van der Waals surface area contributed by atoms with Crippen molar-refractivity contribution in [2.24, 2.45) is 4.99 Å². The van der Waals surface area contributed by atoms with E-state index in [1.165, 1.54) is 22.3 Å². The second-order valence-corrected chi connectivity index (χ2v) is 9.34. The van der Waals surface area contributed by atoms with E-state index >= 15 is 0 Å². The first-order valence-corrected chi connectivity index (χ1v) is 12.0. The van der Waals surface area contributed by atoms with Gasteiger partial charge in [0.2, 0.25) is 10.0 Å². The average Bonchev–Trinajstić information content (AvgIpc) is 3.07. The molecule has 0 bridgehead atoms. The SMILES string of the molecule is CCNC(=NCc1ccc(C)cc1SC)NC[C@H]1CCCN1S(C)(=O)=O.I. The summed E-state index contributed by atoms with van der Waals surface area (Å²) in [6.45, 7) is 6.64. The predicted molar refractivity (Wildman–Crippen MR) is 126 cm³/mol. The second kappa shape index (κ2) is 11.5. The van der Waals surface area contributed by atoms with E-state index in [1.807, 2.05) is 6.92 Å². The summed E-state index contributed by atoms with van der Waals surface area (Å²) in [4.78, 5) is 5.92. The molecule has 1 heterocycles. The number of aliphatic imine (C=N–C) groups is 1. The highest BCUT2D eigenvalue weighted by atomic mass is 127. The van der Waals surface area contributed by atoms with E-state index in [4.69, 9.17) is 0 Å². The highest BCUT2D eigenvalue weighted by Gasteiger charge is 2.31. The highest BCUT2D eigenvalue weighted by molar-refractivity contribution is 14.0. The number of hydrogen-bond acceptors (Lipinski definition) is 4. The van der Waals surface area contributed by atoms with Gasteiger partial charge in [-0.25, -0.2) is 13.4 Å². The molecule has 9 heteroatoms. The maximum atomic E-state index is 11.9. The summed E-state index contributed by atoms with van der Waals surface area (Å²) >= 11 is 1.73. The van der Waals surface area contributed by atoms with Crippen LogP contribution >= 0.6 is 35.7 Å². The monoisotopic (exact) mass is 526 g/mol. The van der Waals surface area contributed by atoms with E-state index in [1.54, 1.807) is 16.1 Å². The summed E-state index contributed by atoms with van der Waals surface area (Å²) in [7, 11) is -3.15. The molecule has 1 saturated heterocycles. The fraction of sp³-hybridized carbons (Fsp3) is 0.611. The Balaban J connectivity index is 0.00000364. The third-order valence-electron chi connectivity index (χ3n) is 4.45. The molecule has 1 aliphatic rings. The number of nitrogens with one attached hydrogen (secondary N) is 2. The molecule has 0 spiro atoms. The number of guanidine groups is 1. The average molecular weight is 527 g/mol. The Morgan fingerprint density at radius 3 is 2.74 bits per heavy atom. The number of nitrogens with zero attached hydrogens (tertiary/aromatic N) is 2. The molecule has 1 aromatic carbocycles. The van der Waals surface area contributed by atoms with Crippen LogP contribution in [0.5, 0.6) is 0 Å². The van der Waals surface area contributed by atoms with Crippen LogP contribution in [0.25, 0.3) is 0 Å². The number of rotatable bonds is 7. The van der Waals surface area contributed by atoms with E-state index in [2.05, 4.69) is 47.0 Å². The quantitative estimate of drug-likeness (QED) is 0.248. The van der Waals surface area contributed by atoms with Gasteiger partial charge in [-0.3, -0.25) is 0 Å². The van der Waals surface area contributed by atoms with Crippen molar-refractivity contribution in [3.63, 3.8) is 0 Å². The lowest BCUT2D eigenvalue weighted by molar-refractivity contribution is 0.387. The third kappa shape index (κ3) is 7.43. The molecule has 2 rings (SSSR count). The molecule has 0 unspecified atom stereocenters. The van der Waals surface area contributed by atoms with Crippen LogP contribution in [0.1, 0.15) is 30.9 Å². The van der Waals surface area contributed by atoms with E-state index in [0.717, 1.165) is 25.3 Å². The van der Waals surface area contributed by atoms with Crippen molar-refractivity contribution in [1.29, 1.82) is 0 Å². The molecule has 0 radical (unpaired) electrons. The van der Waals surface area contributed by atoms with Crippen LogP contribution in [0.15, 0.2) is 28.1 Å². The fourth-order valence-corrected chi connectivity index (χ4v) is 5.03. The molecular weight excluding hydrogens is 495 g/mol. The summed E-state index contributed by atoms with van der Waals surface area (Å²) in [5.41, 5.74) is 2.44. The van der Waals surface area contributed by atoms with Gasteiger partial charge in [-0.1, -0.05) is 12.1 Å². The predicted octanol–water partition coefficient (Wildman–Crippen LogP) is 2.81. The van der Waals surface area contributed by atoms with Crippen LogP contribution in [0.3, 0.4) is 0 Å². The molecule has 0 amide bonds. The van der Waals surface area contributed by atoms with Crippen LogP contribution in [0.2, 0.25) is 0 Å². The van der Waals surface area contributed by atoms with Crippen molar-refractivity contribution >= 4 is 51.7 Å². The van der Waals surface area contributed by atoms with Gasteiger partial charge in [-0.2, -0.15) is 4.31 Å². The lowest BCUT2D eigenvalue weighted by Gasteiger charge is -2.23. The molecule has 6 nitrogen and oxygen atoms in total. The zero-order valence-electron chi connectivity index (χ0n) is 16.5. The van der Waals surface area contributed by atoms with Gasteiger partial charge in [0.25, 0.3) is 0 Å². The first-order chi connectivity index (χ1) is 12.3. The number of halogens is 1. The minimum absolute atomic E-state index is 0. The first-order valence-electron chi connectivity index (χ1n) is 8.97. The van der Waals surface area contributed by atoms with Gasteiger partial charge in [-0.05, 0) is 50.1 Å². The number of thioether (sulfide) groups is 1. The first kappa shape index (κ1) is 24.5. The molecule has 154 valence electrons. The maximum absolute atomic E-state index is 11.9. The summed E-state index contributed by atoms with van der Waals surface area (Å²) < 4.78 is 25.3. The Morgan fingerprint density at radius 2 is 2.11 bits per heavy atom. The van der Waals surface area contributed by atoms with Crippen LogP contribution < -0.4 is 10.6 Å². The van der Waals surface area contributed by atoms with Gasteiger partial charge in [0.15, 0.2) is 5.96 Å². The van der Waals surface area contributed by atoms with Gasteiger partial charge in [0, 0.05) is 30.6 Å². The van der Waals surface area contributed by atoms with Crippen molar-refractivity contribution in [2.75, 3.05) is 32.1 Å². The minimum Gasteiger partial charge on any atom is -0.357 e. The maximum Gasteiger partial charge on any atom is 0.211 e. The van der Waals surface area contributed by atoms with E-state index in [0.29, 0.717) is 19.6 Å². The summed E-state index contributed by atoms with van der Waals surface area (Å²) in [6, 6.07) is 6.40. The Morgan fingerprint density at radius 1 is 1.37 bits per heavy atom. The Hall–Kier alpha value is -0.520. The lowest BCUT2D eigenvalue weighted by Crippen LogP contribution is -2.46. The number of sulfonamides is 1. The van der Waals surface area contributed by atoms with E-state index in [-0.39, 0.29) is 30.0 Å². The topological polar surface area (TPSA) is 73.8 Å². The van der Waals surface area contributed by atoms with Crippen molar-refractivity contribution in [3.05, 3.63) is 29.3 Å². The van der Waals surface area contributed by atoms with Gasteiger partial charge in [0.05, 0.1) is 12.8 Å². The molecule has 0 saturated carbocycles.